The lowest BCUT2D eigenvalue weighted by atomic mass is 10.0. The van der Waals surface area contributed by atoms with Gasteiger partial charge in [-0.3, -0.25) is 24.6 Å². The van der Waals surface area contributed by atoms with E-state index in [0.717, 1.165) is 17.1 Å². The quantitative estimate of drug-likeness (QED) is 0.0477. The van der Waals surface area contributed by atoms with Crippen LogP contribution >= 0.6 is 23.3 Å². The Bertz CT molecular complexity index is 1810. The Morgan fingerprint density at radius 2 is 2.16 bits per heavy atom. The molecule has 45 heavy (non-hydrogen) atoms. The summed E-state index contributed by atoms with van der Waals surface area (Å²) >= 11 is 2.19. The number of nitrogens with one attached hydrogen (secondary N) is 3. The number of nitrogen functional groups attached to an aromatic ring is 1. The fraction of sp³-hybridized carbons (Fsp3) is 0.222. The van der Waals surface area contributed by atoms with Crippen LogP contribution in [0.4, 0.5) is 5.13 Å². The van der Waals surface area contributed by atoms with Gasteiger partial charge in [0.2, 0.25) is 11.5 Å². The molecule has 16 nitrogen and oxygen atoms in total. The molecule has 1 saturated heterocycles. The number of amides is 3. The molecular formula is C27H25N10O6S2+. The number of fused-ring (bicyclic) bond motifs is 1. The van der Waals surface area contributed by atoms with Crippen molar-refractivity contribution in [1.29, 1.82) is 5.26 Å². The van der Waals surface area contributed by atoms with Gasteiger partial charge in [-0.2, -0.15) is 14.6 Å². The number of nitriles is 1. The van der Waals surface area contributed by atoms with E-state index in [1.807, 2.05) is 0 Å². The van der Waals surface area contributed by atoms with E-state index in [-0.39, 0.29) is 47.0 Å². The number of thioether (sulfide) groups is 1. The minimum atomic E-state index is -1.27. The molecule has 0 aromatic carbocycles. The monoisotopic (exact) mass is 649 g/mol. The summed E-state index contributed by atoms with van der Waals surface area (Å²) in [5, 5.41) is 26.8. The molecule has 0 bridgehead atoms. The van der Waals surface area contributed by atoms with Gasteiger partial charge in [-0.15, -0.1) is 11.8 Å². The number of H-pyrrole nitrogens is 1. The number of hydrogen-bond acceptors (Lipinski definition) is 12. The van der Waals surface area contributed by atoms with Gasteiger partial charge in [0.1, 0.15) is 29.4 Å². The normalized spacial score (nSPS) is 17.6. The zero-order valence-electron chi connectivity index (χ0n) is 23.5. The number of carbonyl (C=O) groups excluding carboxylic acids is 3. The van der Waals surface area contributed by atoms with Gasteiger partial charge in [0.15, 0.2) is 30.3 Å². The van der Waals surface area contributed by atoms with Gasteiger partial charge in [-0.1, -0.05) is 17.8 Å². The van der Waals surface area contributed by atoms with E-state index < -0.39 is 35.1 Å². The summed E-state index contributed by atoms with van der Waals surface area (Å²) in [5.41, 5.74) is 7.89. The number of nitrogens with two attached hydrogens (primary N) is 1. The third-order valence-electron chi connectivity index (χ3n) is 6.79. The number of pyridine rings is 1. The van der Waals surface area contributed by atoms with Crippen LogP contribution < -0.4 is 20.9 Å². The maximum atomic E-state index is 13.2. The van der Waals surface area contributed by atoms with Crippen molar-refractivity contribution in [3.63, 3.8) is 0 Å². The highest BCUT2D eigenvalue weighted by molar-refractivity contribution is 8.00. The maximum Gasteiger partial charge on any atom is 0.352 e. The molecule has 2 aliphatic rings. The van der Waals surface area contributed by atoms with Crippen molar-refractivity contribution in [1.82, 2.24) is 29.9 Å². The number of oxime groups is 1. The summed E-state index contributed by atoms with van der Waals surface area (Å²) in [5.74, 6) is -2.97. The third kappa shape index (κ3) is 5.98. The van der Waals surface area contributed by atoms with Gasteiger partial charge in [0, 0.05) is 52.3 Å². The van der Waals surface area contributed by atoms with Gasteiger partial charge in [0.05, 0.1) is 0 Å². The summed E-state index contributed by atoms with van der Waals surface area (Å²) in [4.78, 5) is 63.8. The predicted octanol–water partition coefficient (Wildman–Crippen LogP) is 0.436. The number of aliphatic carboxylic acids is 1. The summed E-state index contributed by atoms with van der Waals surface area (Å²) in [6.07, 6.45) is 8.23. The molecule has 0 radical (unpaired) electrons. The fourth-order valence-electron chi connectivity index (χ4n) is 4.81. The van der Waals surface area contributed by atoms with Crippen LogP contribution in [0.1, 0.15) is 28.8 Å². The highest BCUT2D eigenvalue weighted by Gasteiger charge is 2.55. The Kier molecular flexibility index (Phi) is 8.92. The van der Waals surface area contributed by atoms with Crippen LogP contribution in [0.15, 0.2) is 53.7 Å². The summed E-state index contributed by atoms with van der Waals surface area (Å²) in [6.45, 7) is 5.80. The number of hydrogen-bond donors (Lipinski definition) is 5. The van der Waals surface area contributed by atoms with E-state index >= 15 is 0 Å². The largest absolute Gasteiger partial charge is 0.477 e. The molecule has 3 aromatic rings. The van der Waals surface area contributed by atoms with E-state index in [0.29, 0.717) is 16.7 Å². The van der Waals surface area contributed by atoms with E-state index in [1.54, 1.807) is 48.4 Å². The van der Waals surface area contributed by atoms with Crippen molar-refractivity contribution in [2.24, 2.45) is 5.16 Å². The lowest BCUT2D eigenvalue weighted by Gasteiger charge is -2.49. The van der Waals surface area contributed by atoms with Crippen molar-refractivity contribution in [2.75, 3.05) is 18.1 Å². The molecule has 2 unspecified atom stereocenters. The van der Waals surface area contributed by atoms with Crippen LogP contribution in [0.3, 0.4) is 0 Å². The topological polar surface area (TPSA) is 233 Å². The van der Waals surface area contributed by atoms with Gasteiger partial charge in [0.25, 0.3) is 17.7 Å². The smallest absolute Gasteiger partial charge is 0.352 e. The summed E-state index contributed by atoms with van der Waals surface area (Å²) in [6, 6.07) is 2.57. The molecule has 5 heterocycles. The first-order valence-electron chi connectivity index (χ1n) is 13.2. The average Bonchev–Trinajstić information content (AvgIpc) is 3.66. The number of nitrogens with zero attached hydrogens (tertiary/aromatic N) is 6. The Morgan fingerprint density at radius 3 is 2.78 bits per heavy atom. The highest BCUT2D eigenvalue weighted by atomic mass is 32.2. The van der Waals surface area contributed by atoms with Crippen LogP contribution in [-0.4, -0.2) is 77.5 Å². The average molecular weight is 650 g/mol. The SMILES string of the molecule is C=Cc1c(-c2cc[n+](CC3=C(C(=O)O)N4C(=O)C(NC(=O)C(=NOCC)c5nsc(N)n5)C4SC3)cc2)c[nH]c1C(=O)NC#N. The Labute approximate surface area is 263 Å². The standard InChI is InChI=1S/C27H24N10O6S2/c1-3-15-16(9-30-17(15)22(38)31-12-28)13-5-7-36(8-6-13)10-14-11-44-25-19(24(40)37(25)20(14)26(41)42)32-23(39)18(34-43-4-2)21-33-27(29)45-35-21/h3,5-9,19,25H,1,4,10-11H2,2H3,(H5,29,31,32,33,35,38,39,41,42)/p+1. The first-order valence-corrected chi connectivity index (χ1v) is 15.0. The number of anilines is 1. The zero-order valence-corrected chi connectivity index (χ0v) is 25.1. The van der Waals surface area contributed by atoms with Gasteiger partial charge >= 0.3 is 5.97 Å². The van der Waals surface area contributed by atoms with E-state index in [4.69, 9.17) is 15.8 Å². The molecule has 0 spiro atoms. The molecule has 3 amide bonds. The van der Waals surface area contributed by atoms with Crippen LogP contribution in [0.2, 0.25) is 0 Å². The van der Waals surface area contributed by atoms with Crippen LogP contribution in [0, 0.1) is 11.5 Å². The second kappa shape index (κ2) is 13.0. The molecule has 230 valence electrons. The van der Waals surface area contributed by atoms with Crippen molar-refractivity contribution < 1.29 is 33.7 Å². The highest BCUT2D eigenvalue weighted by Crippen LogP contribution is 2.40. The lowest BCUT2D eigenvalue weighted by Crippen LogP contribution is -2.71. The number of β-lactam (4-membered cyclic amide) rings is 1. The molecule has 2 atom stereocenters. The predicted molar refractivity (Wildman–Crippen MR) is 162 cm³/mol. The minimum Gasteiger partial charge on any atom is -0.477 e. The fourth-order valence-corrected chi connectivity index (χ4v) is 6.58. The molecule has 3 aromatic heterocycles. The van der Waals surface area contributed by atoms with E-state index in [9.17, 15) is 24.3 Å². The van der Waals surface area contributed by atoms with Gasteiger partial charge < -0.3 is 26.0 Å². The number of carbonyl (C=O) groups is 4. The first-order chi connectivity index (χ1) is 21.7. The van der Waals surface area contributed by atoms with E-state index in [2.05, 4.69) is 36.7 Å². The zero-order chi connectivity index (χ0) is 32.2. The van der Waals surface area contributed by atoms with Gasteiger partial charge in [-0.25, -0.2) is 9.36 Å². The van der Waals surface area contributed by atoms with Crippen LogP contribution in [0.25, 0.3) is 17.2 Å². The van der Waals surface area contributed by atoms with E-state index in [1.165, 1.54) is 22.7 Å². The Balaban J connectivity index is 1.32. The molecule has 1 fully saturated rings. The summed E-state index contributed by atoms with van der Waals surface area (Å²) in [7, 11) is 0. The molecule has 2 aliphatic heterocycles. The molecular weight excluding hydrogens is 624 g/mol. The Hall–Kier alpha value is -5.54. The molecule has 0 aliphatic carbocycles. The molecule has 6 N–H and O–H groups in total. The minimum absolute atomic E-state index is 0.0537. The number of aromatic amines is 1. The first kappa shape index (κ1) is 30.9. The lowest BCUT2D eigenvalue weighted by molar-refractivity contribution is -0.689. The molecule has 0 saturated carbocycles. The van der Waals surface area contributed by atoms with Crippen LogP contribution in [0.5, 0.6) is 0 Å². The molecule has 5 rings (SSSR count). The van der Waals surface area contributed by atoms with Crippen molar-refractivity contribution in [3.05, 3.63) is 65.7 Å². The van der Waals surface area contributed by atoms with Crippen molar-refractivity contribution in [2.45, 2.75) is 24.9 Å². The second-order valence-electron chi connectivity index (χ2n) is 9.45. The third-order valence-corrected chi connectivity index (χ3v) is 8.67. The number of carboxylic acids is 1. The van der Waals surface area contributed by atoms with Crippen molar-refractivity contribution in [3.8, 4) is 17.3 Å². The summed E-state index contributed by atoms with van der Waals surface area (Å²) < 4.78 is 5.75. The Morgan fingerprint density at radius 1 is 1.40 bits per heavy atom. The number of carboxylic acid groups (broad SMARTS) is 1. The number of aromatic nitrogens is 4. The molecule has 18 heteroatoms. The maximum absolute atomic E-state index is 13.2. The second-order valence-corrected chi connectivity index (χ2v) is 11.3. The number of rotatable bonds is 11. The van der Waals surface area contributed by atoms with Crippen LogP contribution in [-0.2, 0) is 25.8 Å². The van der Waals surface area contributed by atoms with Crippen molar-refractivity contribution >= 4 is 63.9 Å². The van der Waals surface area contributed by atoms with Gasteiger partial charge in [-0.05, 0) is 12.5 Å².